The van der Waals surface area contributed by atoms with Gasteiger partial charge in [0, 0.05) is 0 Å². The van der Waals surface area contributed by atoms with E-state index in [2.05, 4.69) is 4.74 Å². The number of hydrogen-bond acceptors (Lipinski definition) is 1. The van der Waals surface area contributed by atoms with Crippen LogP contribution < -0.4 is 0 Å². The molecular weight excluding hydrogens is 126 g/mol. The van der Waals surface area contributed by atoms with Gasteiger partial charge in [-0.05, 0) is 5.41 Å². The molecule has 1 nitrogen and oxygen atoms in total. The van der Waals surface area contributed by atoms with Crippen molar-refractivity contribution >= 4 is 0 Å². The molecule has 0 saturated heterocycles. The van der Waals surface area contributed by atoms with Gasteiger partial charge in [0.2, 0.25) is 0 Å². The lowest BCUT2D eigenvalue weighted by molar-refractivity contribution is -0.146. The molecule has 0 aromatic rings. The Kier molecular flexibility index (Phi) is 3.04. The van der Waals surface area contributed by atoms with Crippen LogP contribution in [0, 0.1) is 5.41 Å². The molecule has 0 fully saturated rings. The number of rotatable bonds is 2. The molecule has 0 radical (unpaired) electrons. The summed E-state index contributed by atoms with van der Waals surface area (Å²) in [6.45, 7) is 2.99. The lowest BCUT2D eigenvalue weighted by Gasteiger charge is -2.16. The van der Waals surface area contributed by atoms with Crippen LogP contribution in [0.25, 0.3) is 0 Å². The zero-order valence-corrected chi connectivity index (χ0v) is 5.95. The van der Waals surface area contributed by atoms with E-state index in [1.807, 2.05) is 20.8 Å². The van der Waals surface area contributed by atoms with Crippen molar-refractivity contribution in [3.63, 3.8) is 0 Å². The van der Waals surface area contributed by atoms with E-state index < -0.39 is 6.61 Å². The zero-order chi connectivity index (χ0) is 7.49. The number of halogens is 2. The van der Waals surface area contributed by atoms with Crippen LogP contribution in [0.5, 0.6) is 0 Å². The van der Waals surface area contributed by atoms with E-state index in [-0.39, 0.29) is 12.0 Å². The fourth-order valence-electron chi connectivity index (χ4n) is 0.313. The molecular formula is C6H12F2O. The Balaban J connectivity index is 3.28. The summed E-state index contributed by atoms with van der Waals surface area (Å²) in [5, 5.41) is 0. The highest BCUT2D eigenvalue weighted by Crippen LogP contribution is 2.14. The fraction of sp³-hybridized carbons (Fsp3) is 1.00. The van der Waals surface area contributed by atoms with Crippen LogP contribution in [0.1, 0.15) is 20.8 Å². The molecule has 0 aliphatic carbocycles. The van der Waals surface area contributed by atoms with Crippen LogP contribution >= 0.6 is 0 Å². The van der Waals surface area contributed by atoms with E-state index in [4.69, 9.17) is 0 Å². The molecule has 3 heteroatoms. The molecule has 0 rings (SSSR count). The monoisotopic (exact) mass is 138 g/mol. The van der Waals surface area contributed by atoms with E-state index in [9.17, 15) is 8.78 Å². The fourth-order valence-corrected chi connectivity index (χ4v) is 0.313. The summed E-state index contributed by atoms with van der Waals surface area (Å²) in [6, 6.07) is 0. The van der Waals surface area contributed by atoms with Crippen molar-refractivity contribution in [3.05, 3.63) is 0 Å². The van der Waals surface area contributed by atoms with Crippen LogP contribution in [0.2, 0.25) is 0 Å². The molecule has 0 saturated carbocycles. The topological polar surface area (TPSA) is 9.23 Å². The molecule has 0 atom stereocenters. The van der Waals surface area contributed by atoms with Gasteiger partial charge in [0.05, 0.1) is 6.61 Å². The molecule has 56 valence electrons. The largest absolute Gasteiger partial charge is 0.345 e. The average molecular weight is 138 g/mol. The maximum absolute atomic E-state index is 11.3. The zero-order valence-electron chi connectivity index (χ0n) is 5.95. The Labute approximate surface area is 54.0 Å². The molecule has 0 bridgehead atoms. The van der Waals surface area contributed by atoms with E-state index in [0.717, 1.165) is 0 Å². The summed E-state index contributed by atoms with van der Waals surface area (Å²) in [7, 11) is 0. The van der Waals surface area contributed by atoms with E-state index in [0.29, 0.717) is 0 Å². The average Bonchev–Trinajstić information content (AvgIpc) is 1.59. The molecule has 0 spiro atoms. The lowest BCUT2D eigenvalue weighted by Crippen LogP contribution is -2.16. The predicted molar refractivity (Wildman–Crippen MR) is 31.4 cm³/mol. The molecule has 0 aromatic heterocycles. The summed E-state index contributed by atoms with van der Waals surface area (Å²) >= 11 is 0. The minimum atomic E-state index is -2.63. The standard InChI is InChI=1S/C6H12F2O/c1-6(2,3)4-9-5(7)8/h5H,4H2,1-3H3. The first-order valence-electron chi connectivity index (χ1n) is 2.81. The summed E-state index contributed by atoms with van der Waals surface area (Å²) in [5.41, 5.74) is -0.170. The number of ether oxygens (including phenoxy) is 1. The lowest BCUT2D eigenvalue weighted by atomic mass is 9.99. The smallest absolute Gasteiger partial charge is 0.322 e. The normalized spacial score (nSPS) is 12.7. The molecule has 0 unspecified atom stereocenters. The van der Waals surface area contributed by atoms with Gasteiger partial charge in [0.25, 0.3) is 0 Å². The van der Waals surface area contributed by atoms with Crippen molar-refractivity contribution in [1.29, 1.82) is 0 Å². The summed E-state index contributed by atoms with van der Waals surface area (Å²) in [4.78, 5) is 0. The molecule has 0 aromatic carbocycles. The van der Waals surface area contributed by atoms with Gasteiger partial charge in [-0.3, -0.25) is 0 Å². The minimum Gasteiger partial charge on any atom is -0.322 e. The Bertz CT molecular complexity index is 75.6. The number of hydrogen-bond donors (Lipinski definition) is 0. The molecule has 0 N–H and O–H groups in total. The highest BCUT2D eigenvalue weighted by Gasteiger charge is 2.13. The first-order valence-corrected chi connectivity index (χ1v) is 2.81. The second kappa shape index (κ2) is 3.11. The maximum Gasteiger partial charge on any atom is 0.345 e. The third-order valence-corrected chi connectivity index (χ3v) is 0.642. The Morgan fingerprint density at radius 2 is 1.78 bits per heavy atom. The third-order valence-electron chi connectivity index (χ3n) is 0.642. The van der Waals surface area contributed by atoms with Crippen LogP contribution in [0.4, 0.5) is 8.78 Å². The summed E-state index contributed by atoms with van der Waals surface area (Å²) in [5.74, 6) is 0. The third kappa shape index (κ3) is 7.82. The highest BCUT2D eigenvalue weighted by atomic mass is 19.3. The van der Waals surface area contributed by atoms with Crippen LogP contribution in [0.3, 0.4) is 0 Å². The van der Waals surface area contributed by atoms with Gasteiger partial charge in [-0.15, -0.1) is 0 Å². The van der Waals surface area contributed by atoms with E-state index in [1.165, 1.54) is 0 Å². The molecule has 0 amide bonds. The van der Waals surface area contributed by atoms with Crippen molar-refractivity contribution in [2.45, 2.75) is 27.4 Å². The van der Waals surface area contributed by atoms with Gasteiger partial charge in [0.15, 0.2) is 0 Å². The summed E-state index contributed by atoms with van der Waals surface area (Å²) in [6.07, 6.45) is 0. The quantitative estimate of drug-likeness (QED) is 0.568. The van der Waals surface area contributed by atoms with Crippen molar-refractivity contribution in [1.82, 2.24) is 0 Å². The van der Waals surface area contributed by atoms with Gasteiger partial charge in [-0.1, -0.05) is 20.8 Å². The first kappa shape index (κ1) is 8.82. The number of alkyl halides is 2. The van der Waals surface area contributed by atoms with Crippen LogP contribution in [-0.4, -0.2) is 13.2 Å². The minimum absolute atomic E-state index is 0.102. The van der Waals surface area contributed by atoms with Gasteiger partial charge in [-0.2, -0.15) is 8.78 Å². The van der Waals surface area contributed by atoms with Gasteiger partial charge in [0.1, 0.15) is 0 Å². The van der Waals surface area contributed by atoms with Gasteiger partial charge >= 0.3 is 6.61 Å². The van der Waals surface area contributed by atoms with Crippen LogP contribution in [0.15, 0.2) is 0 Å². The van der Waals surface area contributed by atoms with Crippen LogP contribution in [-0.2, 0) is 4.74 Å². The molecule has 0 aliphatic rings. The van der Waals surface area contributed by atoms with Crippen molar-refractivity contribution in [2.24, 2.45) is 5.41 Å². The predicted octanol–water partition coefficient (Wildman–Crippen LogP) is 2.27. The first-order chi connectivity index (χ1) is 3.92. The van der Waals surface area contributed by atoms with Crippen molar-refractivity contribution in [2.75, 3.05) is 6.61 Å². The SMILES string of the molecule is CC(C)(C)COC(F)F. The van der Waals surface area contributed by atoms with E-state index >= 15 is 0 Å². The highest BCUT2D eigenvalue weighted by molar-refractivity contribution is 4.58. The Morgan fingerprint density at radius 1 is 1.33 bits per heavy atom. The molecule has 0 aliphatic heterocycles. The van der Waals surface area contributed by atoms with E-state index in [1.54, 1.807) is 0 Å². The Morgan fingerprint density at radius 3 is 1.89 bits per heavy atom. The Hall–Kier alpha value is -0.180. The maximum atomic E-state index is 11.3. The summed E-state index contributed by atoms with van der Waals surface area (Å²) < 4.78 is 26.8. The molecule has 9 heavy (non-hydrogen) atoms. The van der Waals surface area contributed by atoms with Crippen molar-refractivity contribution < 1.29 is 13.5 Å². The molecule has 0 heterocycles. The second-order valence-electron chi connectivity index (χ2n) is 3.13. The second-order valence-corrected chi connectivity index (χ2v) is 3.13. The van der Waals surface area contributed by atoms with Crippen molar-refractivity contribution in [3.8, 4) is 0 Å². The van der Waals surface area contributed by atoms with Gasteiger partial charge in [-0.25, -0.2) is 0 Å². The van der Waals surface area contributed by atoms with Gasteiger partial charge < -0.3 is 4.74 Å².